The summed E-state index contributed by atoms with van der Waals surface area (Å²) in [6.45, 7) is 0.667. The normalized spacial score (nSPS) is 24.1. The second kappa shape index (κ2) is 6.68. The van der Waals surface area contributed by atoms with E-state index in [4.69, 9.17) is 10.5 Å². The SMILES string of the molecule is COC(=O)C(NC1CCCC1CN)c1ccccc1. The first-order valence-corrected chi connectivity index (χ1v) is 6.85. The highest BCUT2D eigenvalue weighted by Crippen LogP contribution is 2.27. The average molecular weight is 262 g/mol. The van der Waals surface area contributed by atoms with Crippen LogP contribution in [0.1, 0.15) is 30.9 Å². The maximum absolute atomic E-state index is 12.0. The van der Waals surface area contributed by atoms with Crippen LogP contribution in [-0.2, 0) is 9.53 Å². The summed E-state index contributed by atoms with van der Waals surface area (Å²) in [6.07, 6.45) is 3.38. The first-order chi connectivity index (χ1) is 9.26. The van der Waals surface area contributed by atoms with Crippen molar-refractivity contribution in [2.75, 3.05) is 13.7 Å². The molecule has 0 aliphatic heterocycles. The number of benzene rings is 1. The van der Waals surface area contributed by atoms with E-state index in [1.54, 1.807) is 0 Å². The topological polar surface area (TPSA) is 64.3 Å². The van der Waals surface area contributed by atoms with E-state index in [1.165, 1.54) is 13.5 Å². The highest BCUT2D eigenvalue weighted by Gasteiger charge is 2.31. The van der Waals surface area contributed by atoms with Gasteiger partial charge in [0, 0.05) is 6.04 Å². The molecule has 3 N–H and O–H groups in total. The van der Waals surface area contributed by atoms with Gasteiger partial charge in [0.1, 0.15) is 6.04 Å². The molecular weight excluding hydrogens is 240 g/mol. The van der Waals surface area contributed by atoms with Crippen molar-refractivity contribution in [1.29, 1.82) is 0 Å². The average Bonchev–Trinajstić information content (AvgIpc) is 2.92. The summed E-state index contributed by atoms with van der Waals surface area (Å²) in [4.78, 5) is 12.0. The third kappa shape index (κ3) is 3.33. The van der Waals surface area contributed by atoms with Crippen LogP contribution in [0.2, 0.25) is 0 Å². The van der Waals surface area contributed by atoms with Gasteiger partial charge in [0.2, 0.25) is 0 Å². The van der Waals surface area contributed by atoms with Gasteiger partial charge in [-0.3, -0.25) is 5.32 Å². The summed E-state index contributed by atoms with van der Waals surface area (Å²) in [6, 6.07) is 9.60. The Balaban J connectivity index is 2.13. The third-order valence-electron chi connectivity index (χ3n) is 3.91. The largest absolute Gasteiger partial charge is 0.468 e. The molecule has 3 atom stereocenters. The number of nitrogens with one attached hydrogen (secondary N) is 1. The van der Waals surface area contributed by atoms with E-state index < -0.39 is 6.04 Å². The number of carbonyl (C=O) groups is 1. The molecule has 4 heteroatoms. The van der Waals surface area contributed by atoms with Crippen molar-refractivity contribution in [2.45, 2.75) is 31.3 Å². The number of carbonyl (C=O) groups excluding carboxylic acids is 1. The summed E-state index contributed by atoms with van der Waals surface area (Å²) in [7, 11) is 1.43. The lowest BCUT2D eigenvalue weighted by molar-refractivity contribution is -0.143. The van der Waals surface area contributed by atoms with Crippen molar-refractivity contribution in [3.8, 4) is 0 Å². The molecule has 1 aromatic carbocycles. The Kier molecular flexibility index (Phi) is 4.93. The van der Waals surface area contributed by atoms with Crippen LogP contribution >= 0.6 is 0 Å². The van der Waals surface area contributed by atoms with E-state index in [1.807, 2.05) is 30.3 Å². The Morgan fingerprint density at radius 1 is 1.42 bits per heavy atom. The minimum absolute atomic E-state index is 0.242. The van der Waals surface area contributed by atoms with Crippen molar-refractivity contribution in [1.82, 2.24) is 5.32 Å². The number of hydrogen-bond acceptors (Lipinski definition) is 4. The summed E-state index contributed by atoms with van der Waals surface area (Å²) >= 11 is 0. The fourth-order valence-corrected chi connectivity index (χ4v) is 2.82. The summed E-state index contributed by atoms with van der Waals surface area (Å²) in [5.74, 6) is 0.213. The van der Waals surface area contributed by atoms with Gasteiger partial charge >= 0.3 is 5.97 Å². The Bertz CT molecular complexity index is 408. The van der Waals surface area contributed by atoms with E-state index in [0.717, 1.165) is 18.4 Å². The number of hydrogen-bond donors (Lipinski definition) is 2. The third-order valence-corrected chi connectivity index (χ3v) is 3.91. The minimum Gasteiger partial charge on any atom is -0.468 e. The van der Waals surface area contributed by atoms with Gasteiger partial charge in [0.05, 0.1) is 7.11 Å². The molecule has 2 rings (SSSR count). The molecule has 3 unspecified atom stereocenters. The fourth-order valence-electron chi connectivity index (χ4n) is 2.82. The predicted molar refractivity (Wildman–Crippen MR) is 74.5 cm³/mol. The van der Waals surface area contributed by atoms with E-state index in [2.05, 4.69) is 5.32 Å². The van der Waals surface area contributed by atoms with Crippen LogP contribution in [0, 0.1) is 5.92 Å². The molecule has 1 fully saturated rings. The van der Waals surface area contributed by atoms with Crippen molar-refractivity contribution >= 4 is 5.97 Å². The van der Waals surface area contributed by atoms with E-state index in [0.29, 0.717) is 18.5 Å². The highest BCUT2D eigenvalue weighted by atomic mass is 16.5. The minimum atomic E-state index is -0.400. The van der Waals surface area contributed by atoms with Crippen LogP contribution < -0.4 is 11.1 Å². The summed E-state index contributed by atoms with van der Waals surface area (Å²) < 4.78 is 4.91. The summed E-state index contributed by atoms with van der Waals surface area (Å²) in [5, 5.41) is 3.43. The van der Waals surface area contributed by atoms with Crippen LogP contribution in [0.3, 0.4) is 0 Å². The molecule has 1 saturated carbocycles. The molecule has 104 valence electrons. The Labute approximate surface area is 114 Å². The van der Waals surface area contributed by atoms with Gasteiger partial charge in [-0.05, 0) is 30.9 Å². The van der Waals surface area contributed by atoms with E-state index >= 15 is 0 Å². The first kappa shape index (κ1) is 14.0. The molecule has 0 aromatic heterocycles. The number of nitrogens with two attached hydrogens (primary N) is 1. The molecular formula is C15H22N2O2. The van der Waals surface area contributed by atoms with Crippen LogP contribution in [0.4, 0.5) is 0 Å². The Morgan fingerprint density at radius 2 is 2.16 bits per heavy atom. The second-order valence-corrected chi connectivity index (χ2v) is 5.07. The molecule has 0 spiro atoms. The van der Waals surface area contributed by atoms with Gasteiger partial charge in [-0.15, -0.1) is 0 Å². The summed E-state index contributed by atoms with van der Waals surface area (Å²) in [5.41, 5.74) is 6.73. The van der Waals surface area contributed by atoms with Crippen LogP contribution in [0.5, 0.6) is 0 Å². The molecule has 0 saturated heterocycles. The smallest absolute Gasteiger partial charge is 0.327 e. The molecule has 0 amide bonds. The zero-order chi connectivity index (χ0) is 13.7. The maximum Gasteiger partial charge on any atom is 0.327 e. The van der Waals surface area contributed by atoms with Crippen LogP contribution in [0.15, 0.2) is 30.3 Å². The number of esters is 1. The highest BCUT2D eigenvalue weighted by molar-refractivity contribution is 5.77. The lowest BCUT2D eigenvalue weighted by Gasteiger charge is -2.25. The second-order valence-electron chi connectivity index (χ2n) is 5.07. The quantitative estimate of drug-likeness (QED) is 0.791. The molecule has 0 heterocycles. The standard InChI is InChI=1S/C15H22N2O2/c1-19-15(18)14(11-6-3-2-4-7-11)17-13-9-5-8-12(13)10-16/h2-4,6-7,12-14,17H,5,8-10,16H2,1H3. The fraction of sp³-hybridized carbons (Fsp3) is 0.533. The van der Waals surface area contributed by atoms with Crippen LogP contribution in [0.25, 0.3) is 0 Å². The molecule has 0 bridgehead atoms. The van der Waals surface area contributed by atoms with Crippen molar-refractivity contribution in [3.05, 3.63) is 35.9 Å². The van der Waals surface area contributed by atoms with Gasteiger partial charge in [0.25, 0.3) is 0 Å². The van der Waals surface area contributed by atoms with Crippen molar-refractivity contribution in [3.63, 3.8) is 0 Å². The molecule has 1 aliphatic rings. The Morgan fingerprint density at radius 3 is 2.79 bits per heavy atom. The predicted octanol–water partition coefficient (Wildman–Crippen LogP) is 1.62. The molecule has 4 nitrogen and oxygen atoms in total. The van der Waals surface area contributed by atoms with Gasteiger partial charge < -0.3 is 10.5 Å². The number of ether oxygens (including phenoxy) is 1. The maximum atomic E-state index is 12.0. The van der Waals surface area contributed by atoms with Crippen LogP contribution in [-0.4, -0.2) is 25.7 Å². The lowest BCUT2D eigenvalue weighted by Crippen LogP contribution is -2.41. The lowest BCUT2D eigenvalue weighted by atomic mass is 10.0. The zero-order valence-corrected chi connectivity index (χ0v) is 11.3. The van der Waals surface area contributed by atoms with Gasteiger partial charge in [0.15, 0.2) is 0 Å². The van der Waals surface area contributed by atoms with E-state index in [9.17, 15) is 4.79 Å². The van der Waals surface area contributed by atoms with E-state index in [-0.39, 0.29) is 5.97 Å². The molecule has 1 aromatic rings. The molecule has 1 aliphatic carbocycles. The van der Waals surface area contributed by atoms with Gasteiger partial charge in [-0.2, -0.15) is 0 Å². The first-order valence-electron chi connectivity index (χ1n) is 6.85. The molecule has 19 heavy (non-hydrogen) atoms. The number of methoxy groups -OCH3 is 1. The Hall–Kier alpha value is -1.39. The van der Waals surface area contributed by atoms with Crippen molar-refractivity contribution < 1.29 is 9.53 Å². The van der Waals surface area contributed by atoms with Gasteiger partial charge in [-0.1, -0.05) is 36.8 Å². The number of rotatable bonds is 5. The zero-order valence-electron chi connectivity index (χ0n) is 11.3. The molecule has 0 radical (unpaired) electrons. The monoisotopic (exact) mass is 262 g/mol. The van der Waals surface area contributed by atoms with Crippen molar-refractivity contribution in [2.24, 2.45) is 11.7 Å². The van der Waals surface area contributed by atoms with Gasteiger partial charge in [-0.25, -0.2) is 4.79 Å².